The summed E-state index contributed by atoms with van der Waals surface area (Å²) in [4.78, 5) is 2.19. The number of hydrogen-bond donors (Lipinski definition) is 1. The Morgan fingerprint density at radius 1 is 1.20 bits per heavy atom. The summed E-state index contributed by atoms with van der Waals surface area (Å²) in [6.07, 6.45) is 6.35. The number of halogens is 3. The molecule has 1 aliphatic carbocycles. The number of alkyl halides is 1. The molecular formula is C28H28ClF2NO3. The summed E-state index contributed by atoms with van der Waals surface area (Å²) in [6.45, 7) is 4.63. The van der Waals surface area contributed by atoms with Crippen LogP contribution in [0, 0.1) is 17.7 Å². The molecule has 0 spiro atoms. The van der Waals surface area contributed by atoms with Crippen LogP contribution in [0.15, 0.2) is 60.4 Å². The van der Waals surface area contributed by atoms with E-state index in [2.05, 4.69) is 11.0 Å². The molecule has 35 heavy (non-hydrogen) atoms. The zero-order chi connectivity index (χ0) is 24.5. The summed E-state index contributed by atoms with van der Waals surface area (Å²) in [6, 6.07) is 9.79. The lowest BCUT2D eigenvalue weighted by atomic mass is 9.81. The minimum absolute atomic E-state index is 0.0192. The number of aromatic hydroxyl groups is 1. The molecule has 1 unspecified atom stereocenters. The highest BCUT2D eigenvalue weighted by molar-refractivity contribution is 6.33. The van der Waals surface area contributed by atoms with E-state index in [4.69, 9.17) is 21.1 Å². The molecule has 0 bridgehead atoms. The third-order valence-electron chi connectivity index (χ3n) is 6.97. The predicted molar refractivity (Wildman–Crippen MR) is 134 cm³/mol. The van der Waals surface area contributed by atoms with Crippen LogP contribution in [0.25, 0.3) is 11.1 Å². The number of nitrogens with zero attached hydrogens (tertiary/aromatic N) is 1. The maximum Gasteiger partial charge on any atom is 0.142 e. The van der Waals surface area contributed by atoms with Crippen LogP contribution in [0.3, 0.4) is 0 Å². The van der Waals surface area contributed by atoms with Gasteiger partial charge >= 0.3 is 0 Å². The van der Waals surface area contributed by atoms with E-state index in [0.29, 0.717) is 24.3 Å². The first-order chi connectivity index (χ1) is 16.9. The molecule has 7 heteroatoms. The van der Waals surface area contributed by atoms with Crippen LogP contribution < -0.4 is 4.74 Å². The number of allylic oxidation sites excluding steroid dienone is 3. The topological polar surface area (TPSA) is 41.9 Å². The Bertz CT molecular complexity index is 1200. The third kappa shape index (κ3) is 4.82. The van der Waals surface area contributed by atoms with Crippen LogP contribution in [-0.4, -0.2) is 49.0 Å². The highest BCUT2D eigenvalue weighted by atomic mass is 35.5. The highest BCUT2D eigenvalue weighted by Gasteiger charge is 2.35. The van der Waals surface area contributed by atoms with Crippen LogP contribution in [0.2, 0.25) is 5.02 Å². The zero-order valence-electron chi connectivity index (χ0n) is 19.5. The lowest BCUT2D eigenvalue weighted by Gasteiger charge is -2.37. The summed E-state index contributed by atoms with van der Waals surface area (Å²) >= 11 is 6.41. The average molecular weight is 500 g/mol. The molecule has 5 rings (SSSR count). The molecule has 2 heterocycles. The Balaban J connectivity index is 1.35. The van der Waals surface area contributed by atoms with Gasteiger partial charge in [-0.3, -0.25) is 9.29 Å². The molecule has 2 aromatic carbocycles. The van der Waals surface area contributed by atoms with Gasteiger partial charge in [-0.2, -0.15) is 0 Å². The largest absolute Gasteiger partial charge is 0.508 e. The van der Waals surface area contributed by atoms with E-state index in [0.717, 1.165) is 42.1 Å². The second kappa shape index (κ2) is 10.0. The van der Waals surface area contributed by atoms with Crippen molar-refractivity contribution in [1.82, 2.24) is 4.90 Å². The van der Waals surface area contributed by atoms with Gasteiger partial charge in [-0.1, -0.05) is 29.8 Å². The summed E-state index contributed by atoms with van der Waals surface area (Å²) in [7, 11) is 0. The minimum Gasteiger partial charge on any atom is -0.508 e. The van der Waals surface area contributed by atoms with Gasteiger partial charge < -0.3 is 14.6 Å². The van der Waals surface area contributed by atoms with Crippen molar-refractivity contribution in [3.63, 3.8) is 0 Å². The Morgan fingerprint density at radius 3 is 2.77 bits per heavy atom. The molecule has 0 amide bonds. The summed E-state index contributed by atoms with van der Waals surface area (Å²) in [5, 5.41) is 10.1. The standard InChI is InChI=1S/C28H28ClF2NO3/c1-17-23-13-20(33)7-10-25(23)35-28(26(17)22-3-2-4-24(31)27(22)29)19-5-8-21(9-6-19)34-12-11-32-15-18(14-30)16-32/h2-5,7-10,13,18-19,28,33H,6,11-12,14-16H2,1H3/t19?,28-/m1/s1. The monoisotopic (exact) mass is 499 g/mol. The molecule has 0 saturated carbocycles. The first-order valence-electron chi connectivity index (χ1n) is 11.9. The number of phenolic OH excluding ortho intramolecular Hbond substituents is 1. The molecule has 184 valence electrons. The van der Waals surface area contributed by atoms with Crippen LogP contribution >= 0.6 is 11.6 Å². The average Bonchev–Trinajstić information content (AvgIpc) is 2.83. The quantitative estimate of drug-likeness (QED) is 0.488. The van der Waals surface area contributed by atoms with Crippen LogP contribution in [0.1, 0.15) is 24.5 Å². The molecule has 2 aromatic rings. The number of rotatable bonds is 7. The molecule has 3 aliphatic rings. The Labute approximate surface area is 209 Å². The smallest absolute Gasteiger partial charge is 0.142 e. The van der Waals surface area contributed by atoms with Gasteiger partial charge in [0.25, 0.3) is 0 Å². The number of benzene rings is 2. The molecule has 1 N–H and O–H groups in total. The Kier molecular flexibility index (Phi) is 6.85. The minimum atomic E-state index is -0.486. The molecule has 1 fully saturated rings. The summed E-state index contributed by atoms with van der Waals surface area (Å²) in [5.74, 6) is 1.27. The molecule has 0 aromatic heterocycles. The summed E-state index contributed by atoms with van der Waals surface area (Å²) < 4.78 is 39.3. The van der Waals surface area contributed by atoms with E-state index in [1.165, 1.54) is 6.07 Å². The molecule has 0 radical (unpaired) electrons. The molecule has 1 saturated heterocycles. The van der Waals surface area contributed by atoms with Gasteiger partial charge in [0.05, 0.1) is 11.7 Å². The number of fused-ring (bicyclic) bond motifs is 1. The maximum atomic E-state index is 14.4. The maximum absolute atomic E-state index is 14.4. The van der Waals surface area contributed by atoms with Gasteiger partial charge in [-0.15, -0.1) is 0 Å². The van der Waals surface area contributed by atoms with Gasteiger partial charge in [0.15, 0.2) is 0 Å². The van der Waals surface area contributed by atoms with Crippen LogP contribution in [0.5, 0.6) is 11.5 Å². The number of ether oxygens (including phenoxy) is 2. The number of likely N-dealkylation sites (tertiary alicyclic amines) is 1. The van der Waals surface area contributed by atoms with Crippen LogP contribution in [0.4, 0.5) is 8.78 Å². The van der Waals surface area contributed by atoms with E-state index in [1.54, 1.807) is 30.3 Å². The fraction of sp³-hybridized carbons (Fsp3) is 0.357. The fourth-order valence-electron chi connectivity index (χ4n) is 5.03. The van der Waals surface area contributed by atoms with Crippen molar-refractivity contribution in [2.45, 2.75) is 19.4 Å². The predicted octanol–water partition coefficient (Wildman–Crippen LogP) is 6.25. The molecule has 2 aliphatic heterocycles. The normalized spacial score (nSPS) is 22.3. The van der Waals surface area contributed by atoms with Crippen molar-refractivity contribution >= 4 is 22.7 Å². The van der Waals surface area contributed by atoms with E-state index < -0.39 is 5.82 Å². The van der Waals surface area contributed by atoms with Crippen molar-refractivity contribution < 1.29 is 23.4 Å². The van der Waals surface area contributed by atoms with Crippen molar-refractivity contribution in [2.24, 2.45) is 11.8 Å². The molecule has 2 atom stereocenters. The first-order valence-corrected chi connectivity index (χ1v) is 12.3. The lowest BCUT2D eigenvalue weighted by Crippen LogP contribution is -2.48. The van der Waals surface area contributed by atoms with Crippen LogP contribution in [-0.2, 0) is 4.74 Å². The Morgan fingerprint density at radius 2 is 2.03 bits per heavy atom. The highest BCUT2D eigenvalue weighted by Crippen LogP contribution is 2.46. The van der Waals surface area contributed by atoms with E-state index >= 15 is 0 Å². The lowest BCUT2D eigenvalue weighted by molar-refractivity contribution is 0.0563. The molecule has 4 nitrogen and oxygen atoms in total. The van der Waals surface area contributed by atoms with Gasteiger partial charge in [-0.25, -0.2) is 4.39 Å². The van der Waals surface area contributed by atoms with E-state index in [-0.39, 0.29) is 35.4 Å². The van der Waals surface area contributed by atoms with E-state index in [9.17, 15) is 13.9 Å². The van der Waals surface area contributed by atoms with Crippen molar-refractivity contribution in [3.05, 3.63) is 82.4 Å². The van der Waals surface area contributed by atoms with Gasteiger partial charge in [-0.05, 0) is 55.3 Å². The van der Waals surface area contributed by atoms with Gasteiger partial charge in [0.1, 0.15) is 35.8 Å². The van der Waals surface area contributed by atoms with Crippen molar-refractivity contribution in [3.8, 4) is 11.5 Å². The van der Waals surface area contributed by atoms with Crippen molar-refractivity contribution in [1.29, 1.82) is 0 Å². The van der Waals surface area contributed by atoms with Crippen molar-refractivity contribution in [2.75, 3.05) is 32.9 Å². The SMILES string of the molecule is CC1=C(c2cccc(F)c2Cl)[C@@H](C2C=CC(OCCN3CC(CF)C3)=CC2)Oc2ccc(O)cc21. The van der Waals surface area contributed by atoms with E-state index in [1.807, 2.05) is 19.1 Å². The number of phenols is 1. The third-order valence-corrected chi connectivity index (χ3v) is 7.35. The second-order valence-electron chi connectivity index (χ2n) is 9.35. The Hall–Kier alpha value is -2.83. The fourth-order valence-corrected chi connectivity index (χ4v) is 5.26. The number of hydrogen-bond acceptors (Lipinski definition) is 4. The zero-order valence-corrected chi connectivity index (χ0v) is 20.3. The second-order valence-corrected chi connectivity index (χ2v) is 9.73. The first kappa shape index (κ1) is 23.9. The summed E-state index contributed by atoms with van der Waals surface area (Å²) in [5.41, 5.74) is 3.04. The van der Waals surface area contributed by atoms with Gasteiger partial charge in [0.2, 0.25) is 0 Å². The van der Waals surface area contributed by atoms with Gasteiger partial charge in [0, 0.05) is 48.2 Å². The molecular weight excluding hydrogens is 472 g/mol.